The van der Waals surface area contributed by atoms with Gasteiger partial charge in [-0.1, -0.05) is 36.4 Å². The van der Waals surface area contributed by atoms with E-state index < -0.39 is 10.9 Å². The summed E-state index contributed by atoms with van der Waals surface area (Å²) < 4.78 is 16.0. The molecule has 0 bridgehead atoms. The molecule has 1 fully saturated rings. The number of hydrogen-bond acceptors (Lipinski definition) is 9. The van der Waals surface area contributed by atoms with Crippen LogP contribution in [0.25, 0.3) is 6.08 Å². The Labute approximate surface area is 222 Å². The van der Waals surface area contributed by atoms with Gasteiger partial charge >= 0.3 is 5.97 Å². The van der Waals surface area contributed by atoms with Crippen LogP contribution in [0.2, 0.25) is 0 Å². The van der Waals surface area contributed by atoms with E-state index in [0.717, 1.165) is 17.3 Å². The van der Waals surface area contributed by atoms with Crippen molar-refractivity contribution < 1.29 is 28.7 Å². The lowest BCUT2D eigenvalue weighted by molar-refractivity contribution is -0.385. The molecule has 0 atom stereocenters. The maximum absolute atomic E-state index is 12.9. The molecule has 0 unspecified atom stereocenters. The zero-order valence-electron chi connectivity index (χ0n) is 20.7. The molecule has 0 spiro atoms. The van der Waals surface area contributed by atoms with Crippen LogP contribution in [0.3, 0.4) is 0 Å². The molecule has 1 saturated heterocycles. The molecule has 0 aromatic heterocycles. The number of aliphatic imine (C=N–C) groups is 1. The Morgan fingerprint density at radius 2 is 1.84 bits per heavy atom. The number of nitro groups is 1. The molecule has 3 aromatic rings. The number of methoxy groups -OCH3 is 2. The number of nitrogens with zero attached hydrogens (tertiary/aromatic N) is 3. The molecule has 0 saturated carbocycles. The first kappa shape index (κ1) is 26.4. The number of thioether (sulfide) groups is 1. The predicted octanol–water partition coefficient (Wildman–Crippen LogP) is 5.20. The van der Waals surface area contributed by atoms with Crippen LogP contribution in [0.1, 0.15) is 21.5 Å². The van der Waals surface area contributed by atoms with E-state index in [-0.39, 0.29) is 40.2 Å². The summed E-state index contributed by atoms with van der Waals surface area (Å²) >= 11 is 1.06. The molecule has 1 amide bonds. The summed E-state index contributed by atoms with van der Waals surface area (Å²) in [5.41, 5.74) is 1.59. The van der Waals surface area contributed by atoms with E-state index in [9.17, 15) is 19.7 Å². The lowest BCUT2D eigenvalue weighted by atomic mass is 10.1. The van der Waals surface area contributed by atoms with Crippen molar-refractivity contribution in [2.24, 2.45) is 4.99 Å². The Kier molecular flexibility index (Phi) is 8.07. The SMILES string of the molecule is COC(=O)c1cccc(N=C2SC(=Cc3cc(OC)c(OCc4ccccc4)cc3[N+](=O)[O-])C(=O)N2C)c1. The van der Waals surface area contributed by atoms with Gasteiger partial charge in [-0.15, -0.1) is 0 Å². The third-order valence-electron chi connectivity index (χ3n) is 5.53. The zero-order valence-corrected chi connectivity index (χ0v) is 21.6. The fourth-order valence-corrected chi connectivity index (χ4v) is 4.55. The van der Waals surface area contributed by atoms with Crippen LogP contribution in [0.5, 0.6) is 11.5 Å². The van der Waals surface area contributed by atoms with Gasteiger partial charge in [0.2, 0.25) is 0 Å². The number of amides is 1. The molecule has 38 heavy (non-hydrogen) atoms. The normalized spacial score (nSPS) is 15.1. The third-order valence-corrected chi connectivity index (χ3v) is 6.59. The van der Waals surface area contributed by atoms with Crippen molar-refractivity contribution in [3.63, 3.8) is 0 Å². The van der Waals surface area contributed by atoms with Gasteiger partial charge in [-0.3, -0.25) is 19.8 Å². The van der Waals surface area contributed by atoms with Crippen LogP contribution < -0.4 is 9.47 Å². The van der Waals surface area contributed by atoms with E-state index in [1.165, 1.54) is 37.3 Å². The van der Waals surface area contributed by atoms with Crippen LogP contribution in [-0.2, 0) is 16.1 Å². The molecule has 0 radical (unpaired) electrons. The standard InChI is InChI=1S/C27H23N3O7S/c1-29-25(31)24(38-27(29)28-20-11-7-10-18(12-20)26(32)36-3)14-19-13-22(35-2)23(15-21(19)30(33)34)37-16-17-8-5-4-6-9-17/h4-15H,16H2,1-3H3. The monoisotopic (exact) mass is 533 g/mol. The van der Waals surface area contributed by atoms with Crippen LogP contribution in [0.15, 0.2) is 76.6 Å². The van der Waals surface area contributed by atoms with Crippen molar-refractivity contribution in [3.8, 4) is 11.5 Å². The summed E-state index contributed by atoms with van der Waals surface area (Å²) in [4.78, 5) is 42.2. The number of nitro benzene ring substituents is 1. The Hall–Kier alpha value is -4.64. The molecule has 1 heterocycles. The number of rotatable bonds is 8. The van der Waals surface area contributed by atoms with Gasteiger partial charge in [0, 0.05) is 7.05 Å². The summed E-state index contributed by atoms with van der Waals surface area (Å²) in [6.45, 7) is 0.199. The number of amidine groups is 1. The highest BCUT2D eigenvalue weighted by Gasteiger charge is 2.31. The molecule has 3 aromatic carbocycles. The summed E-state index contributed by atoms with van der Waals surface area (Å²) in [7, 11) is 4.27. The lowest BCUT2D eigenvalue weighted by Crippen LogP contribution is -2.23. The predicted molar refractivity (Wildman–Crippen MR) is 144 cm³/mol. The van der Waals surface area contributed by atoms with Crippen molar-refractivity contribution in [1.29, 1.82) is 0 Å². The number of ether oxygens (including phenoxy) is 3. The van der Waals surface area contributed by atoms with Gasteiger partial charge in [-0.2, -0.15) is 0 Å². The fraction of sp³-hybridized carbons (Fsp3) is 0.148. The maximum Gasteiger partial charge on any atom is 0.337 e. The molecular formula is C27H23N3O7S. The zero-order chi connectivity index (χ0) is 27.2. The molecule has 0 N–H and O–H groups in total. The second kappa shape index (κ2) is 11.6. The van der Waals surface area contributed by atoms with Gasteiger partial charge in [-0.25, -0.2) is 9.79 Å². The summed E-state index contributed by atoms with van der Waals surface area (Å²) in [6, 6.07) is 18.6. The minimum atomic E-state index is -0.539. The second-order valence-electron chi connectivity index (χ2n) is 8.00. The molecule has 4 rings (SSSR count). The molecule has 11 heteroatoms. The van der Waals surface area contributed by atoms with Crippen LogP contribution in [0, 0.1) is 10.1 Å². The highest BCUT2D eigenvalue weighted by Crippen LogP contribution is 2.39. The minimum absolute atomic E-state index is 0.178. The van der Waals surface area contributed by atoms with E-state index in [0.29, 0.717) is 16.4 Å². The first-order valence-electron chi connectivity index (χ1n) is 11.3. The first-order valence-corrected chi connectivity index (χ1v) is 12.1. The van der Waals surface area contributed by atoms with E-state index in [2.05, 4.69) is 4.99 Å². The summed E-state index contributed by atoms with van der Waals surface area (Å²) in [5.74, 6) is -0.389. The highest BCUT2D eigenvalue weighted by molar-refractivity contribution is 8.18. The molecule has 194 valence electrons. The van der Waals surface area contributed by atoms with Gasteiger partial charge in [0.1, 0.15) is 6.61 Å². The molecular weight excluding hydrogens is 510 g/mol. The van der Waals surface area contributed by atoms with Gasteiger partial charge < -0.3 is 14.2 Å². The average molecular weight is 534 g/mol. The Morgan fingerprint density at radius 1 is 1.08 bits per heavy atom. The topological polar surface area (TPSA) is 121 Å². The second-order valence-corrected chi connectivity index (χ2v) is 9.01. The third kappa shape index (κ3) is 5.84. The van der Waals surface area contributed by atoms with Crippen LogP contribution in [0.4, 0.5) is 11.4 Å². The van der Waals surface area contributed by atoms with Crippen molar-refractivity contribution in [1.82, 2.24) is 4.90 Å². The largest absolute Gasteiger partial charge is 0.493 e. The number of likely N-dealkylation sites (N-methyl/N-ethyl adjacent to an activating group) is 1. The van der Waals surface area contributed by atoms with Crippen molar-refractivity contribution in [3.05, 3.63) is 98.4 Å². The van der Waals surface area contributed by atoms with E-state index >= 15 is 0 Å². The maximum atomic E-state index is 12.9. The number of hydrogen-bond donors (Lipinski definition) is 0. The van der Waals surface area contributed by atoms with Crippen molar-refractivity contribution >= 4 is 46.3 Å². The Balaban J connectivity index is 1.65. The van der Waals surface area contributed by atoms with Gasteiger partial charge in [-0.05, 0) is 47.7 Å². The summed E-state index contributed by atoms with van der Waals surface area (Å²) in [5, 5.41) is 12.2. The van der Waals surface area contributed by atoms with E-state index in [1.54, 1.807) is 31.3 Å². The quantitative estimate of drug-likeness (QED) is 0.168. The van der Waals surface area contributed by atoms with Crippen LogP contribution in [-0.4, -0.2) is 48.1 Å². The fourth-order valence-electron chi connectivity index (χ4n) is 3.57. The van der Waals surface area contributed by atoms with E-state index in [1.807, 2.05) is 30.3 Å². The number of esters is 1. The van der Waals surface area contributed by atoms with Gasteiger partial charge in [0.15, 0.2) is 16.7 Å². The molecule has 0 aliphatic carbocycles. The summed E-state index contributed by atoms with van der Waals surface area (Å²) in [6.07, 6.45) is 1.43. The molecule has 10 nitrogen and oxygen atoms in total. The number of benzene rings is 3. The Morgan fingerprint density at radius 3 is 2.53 bits per heavy atom. The Bertz CT molecular complexity index is 1450. The smallest absolute Gasteiger partial charge is 0.337 e. The van der Waals surface area contributed by atoms with Gasteiger partial charge in [0.05, 0.1) is 46.9 Å². The van der Waals surface area contributed by atoms with Crippen molar-refractivity contribution in [2.75, 3.05) is 21.3 Å². The first-order chi connectivity index (χ1) is 18.3. The minimum Gasteiger partial charge on any atom is -0.493 e. The average Bonchev–Trinajstić information content (AvgIpc) is 3.19. The van der Waals surface area contributed by atoms with Gasteiger partial charge in [0.25, 0.3) is 11.6 Å². The highest BCUT2D eigenvalue weighted by atomic mass is 32.2. The molecule has 1 aliphatic rings. The lowest BCUT2D eigenvalue weighted by Gasteiger charge is -2.12. The van der Waals surface area contributed by atoms with Crippen LogP contribution >= 0.6 is 11.8 Å². The number of carbonyl (C=O) groups is 2. The van der Waals surface area contributed by atoms with E-state index in [4.69, 9.17) is 14.2 Å². The van der Waals surface area contributed by atoms with Crippen molar-refractivity contribution in [2.45, 2.75) is 6.61 Å². The molecule has 1 aliphatic heterocycles. The number of carbonyl (C=O) groups excluding carboxylic acids is 2.